The topological polar surface area (TPSA) is 95.0 Å². The predicted molar refractivity (Wildman–Crippen MR) is 155 cm³/mol. The molecule has 0 spiro atoms. The van der Waals surface area contributed by atoms with E-state index in [1.807, 2.05) is 12.3 Å². The van der Waals surface area contributed by atoms with Crippen LogP contribution in [0.5, 0.6) is 0 Å². The minimum atomic E-state index is 0.142. The fraction of sp³-hybridized carbons (Fsp3) is 0.586. The summed E-state index contributed by atoms with van der Waals surface area (Å²) in [6.45, 7) is 14.2. The number of hydrogen-bond acceptors (Lipinski definition) is 11. The molecule has 11 nitrogen and oxygen atoms in total. The van der Waals surface area contributed by atoms with E-state index in [2.05, 4.69) is 65.8 Å². The summed E-state index contributed by atoms with van der Waals surface area (Å²) in [5.74, 6) is 1.81. The van der Waals surface area contributed by atoms with Gasteiger partial charge >= 0.3 is 0 Å². The number of morpholine rings is 2. The molecule has 0 amide bonds. The molecule has 0 radical (unpaired) electrons. The SMILES string of the molecule is Cc1ccc(N2C[C@H](CN3CCN(c4ccnc(N5C[C@H]6NCCO[C@@H]6C5)n4)CC3)O[C@H](C)C2)c2nccnc12. The number of aromatic nitrogens is 4. The summed E-state index contributed by atoms with van der Waals surface area (Å²) < 4.78 is 12.4. The number of anilines is 3. The van der Waals surface area contributed by atoms with Crippen molar-refractivity contribution in [1.29, 1.82) is 0 Å². The highest BCUT2D eigenvalue weighted by molar-refractivity contribution is 5.90. The summed E-state index contributed by atoms with van der Waals surface area (Å²) in [6.07, 6.45) is 5.98. The first-order chi connectivity index (χ1) is 19.6. The summed E-state index contributed by atoms with van der Waals surface area (Å²) >= 11 is 0. The van der Waals surface area contributed by atoms with Crippen LogP contribution in [0.2, 0.25) is 0 Å². The second kappa shape index (κ2) is 11.0. The Morgan fingerprint density at radius 3 is 2.58 bits per heavy atom. The summed E-state index contributed by atoms with van der Waals surface area (Å²) in [7, 11) is 0. The third-order valence-electron chi connectivity index (χ3n) is 8.65. The molecular weight excluding hydrogens is 506 g/mol. The van der Waals surface area contributed by atoms with E-state index in [1.165, 1.54) is 0 Å². The lowest BCUT2D eigenvalue weighted by atomic mass is 10.1. The van der Waals surface area contributed by atoms with Gasteiger partial charge in [-0.15, -0.1) is 0 Å². The molecule has 4 aliphatic heterocycles. The second-order valence-electron chi connectivity index (χ2n) is 11.5. The van der Waals surface area contributed by atoms with Gasteiger partial charge in [-0.05, 0) is 31.5 Å². The highest BCUT2D eigenvalue weighted by atomic mass is 16.5. The zero-order valence-corrected chi connectivity index (χ0v) is 23.4. The Hall–Kier alpha value is -3.12. The van der Waals surface area contributed by atoms with Crippen LogP contribution in [0.4, 0.5) is 17.5 Å². The summed E-state index contributed by atoms with van der Waals surface area (Å²) in [5, 5.41) is 3.56. The van der Waals surface area contributed by atoms with Crippen LogP contribution in [0.25, 0.3) is 11.0 Å². The Kier molecular flexibility index (Phi) is 7.13. The van der Waals surface area contributed by atoms with Crippen LogP contribution < -0.4 is 20.0 Å². The number of rotatable bonds is 5. The van der Waals surface area contributed by atoms with E-state index in [0.29, 0.717) is 6.04 Å². The second-order valence-corrected chi connectivity index (χ2v) is 11.5. The molecule has 2 aromatic heterocycles. The number of benzene rings is 1. The maximum atomic E-state index is 6.43. The van der Waals surface area contributed by atoms with Crippen molar-refractivity contribution >= 4 is 28.5 Å². The summed E-state index contributed by atoms with van der Waals surface area (Å²) in [6, 6.07) is 6.74. The van der Waals surface area contributed by atoms with Gasteiger partial charge in [0, 0.05) is 84.0 Å². The van der Waals surface area contributed by atoms with E-state index in [0.717, 1.165) is 106 Å². The minimum Gasteiger partial charge on any atom is -0.373 e. The van der Waals surface area contributed by atoms with Gasteiger partial charge in [0.05, 0.1) is 42.2 Å². The van der Waals surface area contributed by atoms with Crippen molar-refractivity contribution in [2.75, 3.05) is 86.8 Å². The smallest absolute Gasteiger partial charge is 0.227 e. The maximum absolute atomic E-state index is 6.43. The molecular formula is C29H39N9O2. The molecule has 6 heterocycles. The average Bonchev–Trinajstić information content (AvgIpc) is 3.42. The molecule has 0 aliphatic carbocycles. The molecule has 4 aliphatic rings. The Morgan fingerprint density at radius 2 is 1.73 bits per heavy atom. The fourth-order valence-corrected chi connectivity index (χ4v) is 6.65. The first kappa shape index (κ1) is 25.8. The number of nitrogens with one attached hydrogen (secondary N) is 1. The molecule has 11 heteroatoms. The Bertz CT molecular complexity index is 1320. The van der Waals surface area contributed by atoms with Crippen LogP contribution in [0.3, 0.4) is 0 Å². The zero-order valence-electron chi connectivity index (χ0n) is 23.4. The summed E-state index contributed by atoms with van der Waals surface area (Å²) in [4.78, 5) is 28.4. The van der Waals surface area contributed by atoms with Gasteiger partial charge in [-0.2, -0.15) is 4.98 Å². The van der Waals surface area contributed by atoms with Crippen LogP contribution in [0.15, 0.2) is 36.8 Å². The van der Waals surface area contributed by atoms with E-state index in [1.54, 1.807) is 12.4 Å². The van der Waals surface area contributed by atoms with Crippen molar-refractivity contribution in [3.05, 3.63) is 42.4 Å². The van der Waals surface area contributed by atoms with E-state index >= 15 is 0 Å². The third-order valence-corrected chi connectivity index (χ3v) is 8.65. The van der Waals surface area contributed by atoms with Crippen molar-refractivity contribution < 1.29 is 9.47 Å². The Balaban J connectivity index is 0.969. The highest BCUT2D eigenvalue weighted by Crippen LogP contribution is 2.29. The van der Waals surface area contributed by atoms with Crippen molar-refractivity contribution in [3.63, 3.8) is 0 Å². The third kappa shape index (κ3) is 5.18. The van der Waals surface area contributed by atoms with Gasteiger partial charge in [-0.25, -0.2) is 4.98 Å². The standard InChI is InChI=1S/C29H39N9O2/c1-20-3-4-24(28-27(20)31-7-8-32-28)37-15-21(2)40-22(17-37)16-35-10-12-36(13-11-35)26-5-6-33-29(34-26)38-18-23-25(19-38)39-14-9-30-23/h3-8,21-23,25,30H,9-19H2,1-2H3/t21-,22+,23-,25-/m1/s1. The molecule has 40 heavy (non-hydrogen) atoms. The Labute approximate surface area is 235 Å². The Morgan fingerprint density at radius 1 is 0.875 bits per heavy atom. The van der Waals surface area contributed by atoms with Gasteiger partial charge in [0.15, 0.2) is 0 Å². The van der Waals surface area contributed by atoms with Crippen molar-refractivity contribution in [1.82, 2.24) is 30.2 Å². The lowest BCUT2D eigenvalue weighted by Crippen LogP contribution is -2.54. The predicted octanol–water partition coefficient (Wildman–Crippen LogP) is 1.32. The lowest BCUT2D eigenvalue weighted by molar-refractivity contribution is -0.0327. The van der Waals surface area contributed by atoms with Gasteiger partial charge in [-0.1, -0.05) is 6.07 Å². The van der Waals surface area contributed by atoms with Crippen molar-refractivity contribution in [2.45, 2.75) is 38.2 Å². The van der Waals surface area contributed by atoms with Gasteiger partial charge in [0.25, 0.3) is 0 Å². The number of piperazine rings is 1. The molecule has 4 fully saturated rings. The number of fused-ring (bicyclic) bond motifs is 2. The fourth-order valence-electron chi connectivity index (χ4n) is 6.65. The normalized spacial score (nSPS) is 27.8. The zero-order chi connectivity index (χ0) is 27.1. The average molecular weight is 546 g/mol. The molecule has 0 bridgehead atoms. The van der Waals surface area contributed by atoms with E-state index in [4.69, 9.17) is 14.5 Å². The first-order valence-electron chi connectivity index (χ1n) is 14.6. The molecule has 7 rings (SSSR count). The van der Waals surface area contributed by atoms with Gasteiger partial charge in [0.2, 0.25) is 5.95 Å². The van der Waals surface area contributed by atoms with Gasteiger partial charge < -0.3 is 29.5 Å². The molecule has 212 valence electrons. The van der Waals surface area contributed by atoms with Crippen molar-refractivity contribution in [2.24, 2.45) is 0 Å². The number of hydrogen-bond donors (Lipinski definition) is 1. The molecule has 1 aromatic carbocycles. The van der Waals surface area contributed by atoms with Crippen LogP contribution in [-0.2, 0) is 9.47 Å². The monoisotopic (exact) mass is 545 g/mol. The van der Waals surface area contributed by atoms with E-state index < -0.39 is 0 Å². The molecule has 4 saturated heterocycles. The molecule has 4 atom stereocenters. The minimum absolute atomic E-state index is 0.142. The van der Waals surface area contributed by atoms with Crippen LogP contribution in [0, 0.1) is 6.92 Å². The van der Waals surface area contributed by atoms with Crippen LogP contribution in [-0.4, -0.2) is 121 Å². The molecule has 0 unspecified atom stereocenters. The van der Waals surface area contributed by atoms with Crippen LogP contribution >= 0.6 is 0 Å². The largest absolute Gasteiger partial charge is 0.373 e. The highest BCUT2D eigenvalue weighted by Gasteiger charge is 2.37. The quantitative estimate of drug-likeness (QED) is 0.503. The molecule has 1 N–H and O–H groups in total. The number of aryl methyl sites for hydroxylation is 1. The van der Waals surface area contributed by atoms with Gasteiger partial charge in [0.1, 0.15) is 11.3 Å². The first-order valence-corrected chi connectivity index (χ1v) is 14.6. The molecule has 3 aromatic rings. The molecule has 0 saturated carbocycles. The number of ether oxygens (including phenoxy) is 2. The van der Waals surface area contributed by atoms with E-state index in [9.17, 15) is 0 Å². The maximum Gasteiger partial charge on any atom is 0.227 e. The van der Waals surface area contributed by atoms with Crippen molar-refractivity contribution in [3.8, 4) is 0 Å². The van der Waals surface area contributed by atoms with E-state index in [-0.39, 0.29) is 18.3 Å². The lowest BCUT2D eigenvalue weighted by Gasteiger charge is -2.42. The van der Waals surface area contributed by atoms with Crippen LogP contribution in [0.1, 0.15) is 12.5 Å². The van der Waals surface area contributed by atoms with Gasteiger partial charge in [-0.3, -0.25) is 14.9 Å². The summed E-state index contributed by atoms with van der Waals surface area (Å²) in [5.41, 5.74) is 4.26. The number of nitrogens with zero attached hydrogens (tertiary/aromatic N) is 8.